The molecule has 0 amide bonds. The van der Waals surface area contributed by atoms with Crippen molar-refractivity contribution in [3.8, 4) is 0 Å². The van der Waals surface area contributed by atoms with Crippen LogP contribution in [0.15, 0.2) is 4.99 Å². The second-order valence-electron chi connectivity index (χ2n) is 7.05. The van der Waals surface area contributed by atoms with Crippen molar-refractivity contribution >= 4 is 29.9 Å². The molecular formula is C19H41IN4O2. The molecule has 0 aromatic carbocycles. The molecule has 0 aromatic heterocycles. The van der Waals surface area contributed by atoms with Gasteiger partial charge in [-0.05, 0) is 57.5 Å². The highest BCUT2D eigenvalue weighted by Crippen LogP contribution is 2.16. The van der Waals surface area contributed by atoms with E-state index in [0.717, 1.165) is 58.0 Å². The van der Waals surface area contributed by atoms with Gasteiger partial charge in [-0.3, -0.25) is 4.99 Å². The van der Waals surface area contributed by atoms with Gasteiger partial charge < -0.3 is 25.4 Å². The van der Waals surface area contributed by atoms with Crippen LogP contribution in [0.25, 0.3) is 0 Å². The van der Waals surface area contributed by atoms with Gasteiger partial charge in [-0.25, -0.2) is 0 Å². The van der Waals surface area contributed by atoms with Crippen molar-refractivity contribution in [2.45, 2.75) is 46.0 Å². The van der Waals surface area contributed by atoms with Crippen LogP contribution in [0.2, 0.25) is 0 Å². The summed E-state index contributed by atoms with van der Waals surface area (Å²) in [5.41, 5.74) is 0. The van der Waals surface area contributed by atoms with E-state index < -0.39 is 0 Å². The molecule has 0 aromatic rings. The quantitative estimate of drug-likeness (QED) is 0.225. The van der Waals surface area contributed by atoms with Gasteiger partial charge in [-0.15, -0.1) is 24.0 Å². The number of aliphatic hydroxyl groups is 1. The third kappa shape index (κ3) is 11.6. The molecular weight excluding hydrogens is 443 g/mol. The maximum atomic E-state index is 9.19. The number of rotatable bonds is 12. The Morgan fingerprint density at radius 1 is 1.23 bits per heavy atom. The third-order valence-corrected chi connectivity index (χ3v) is 4.96. The number of piperidine rings is 1. The van der Waals surface area contributed by atoms with Gasteiger partial charge >= 0.3 is 0 Å². The molecule has 0 spiro atoms. The standard InChI is InChI=1S/C19H40N4O2.HI/c1-4-6-17(9-13-24)15-21-19(20-5-2)22-16-18-7-10-23(11-8-18)12-14-25-3;/h17-18,24H,4-16H2,1-3H3,(H2,20,21,22);1H. The molecule has 26 heavy (non-hydrogen) atoms. The fourth-order valence-electron chi connectivity index (χ4n) is 3.36. The van der Waals surface area contributed by atoms with E-state index in [1.165, 1.54) is 25.9 Å². The first-order valence-electron chi connectivity index (χ1n) is 10.1. The monoisotopic (exact) mass is 484 g/mol. The lowest BCUT2D eigenvalue weighted by atomic mass is 9.97. The normalized spacial score (nSPS) is 17.6. The van der Waals surface area contributed by atoms with Crippen molar-refractivity contribution in [3.05, 3.63) is 0 Å². The van der Waals surface area contributed by atoms with Crippen LogP contribution in [-0.2, 0) is 4.74 Å². The third-order valence-electron chi connectivity index (χ3n) is 4.96. The number of aliphatic hydroxyl groups excluding tert-OH is 1. The molecule has 1 atom stereocenters. The molecule has 0 saturated carbocycles. The summed E-state index contributed by atoms with van der Waals surface area (Å²) in [7, 11) is 1.77. The van der Waals surface area contributed by atoms with Crippen LogP contribution in [0.3, 0.4) is 0 Å². The number of likely N-dealkylation sites (tertiary alicyclic amines) is 1. The molecule has 1 saturated heterocycles. The van der Waals surface area contributed by atoms with Gasteiger partial charge in [0.15, 0.2) is 5.96 Å². The second kappa shape index (κ2) is 17.0. The van der Waals surface area contributed by atoms with Crippen molar-refractivity contribution in [3.63, 3.8) is 0 Å². The van der Waals surface area contributed by atoms with Gasteiger partial charge in [0.1, 0.15) is 0 Å². The highest BCUT2D eigenvalue weighted by Gasteiger charge is 2.19. The Bertz CT molecular complexity index is 344. The molecule has 6 nitrogen and oxygen atoms in total. The van der Waals surface area contributed by atoms with Crippen molar-refractivity contribution < 1.29 is 9.84 Å². The van der Waals surface area contributed by atoms with Crippen LogP contribution in [0.5, 0.6) is 0 Å². The summed E-state index contributed by atoms with van der Waals surface area (Å²) in [6, 6.07) is 0. The Morgan fingerprint density at radius 2 is 1.96 bits per heavy atom. The lowest BCUT2D eigenvalue weighted by molar-refractivity contribution is 0.121. The van der Waals surface area contributed by atoms with Crippen molar-refractivity contribution in [1.29, 1.82) is 0 Å². The highest BCUT2D eigenvalue weighted by molar-refractivity contribution is 14.0. The fraction of sp³-hybridized carbons (Fsp3) is 0.947. The van der Waals surface area contributed by atoms with Crippen molar-refractivity contribution in [2.75, 3.05) is 59.6 Å². The molecule has 1 heterocycles. The van der Waals surface area contributed by atoms with Crippen LogP contribution < -0.4 is 10.6 Å². The summed E-state index contributed by atoms with van der Waals surface area (Å²) in [5, 5.41) is 16.1. The molecule has 0 bridgehead atoms. The maximum absolute atomic E-state index is 9.19. The smallest absolute Gasteiger partial charge is 0.191 e. The van der Waals surface area contributed by atoms with E-state index in [2.05, 4.69) is 29.4 Å². The summed E-state index contributed by atoms with van der Waals surface area (Å²) in [5.74, 6) is 2.12. The summed E-state index contributed by atoms with van der Waals surface area (Å²) >= 11 is 0. The van der Waals surface area contributed by atoms with E-state index in [9.17, 15) is 5.11 Å². The van der Waals surface area contributed by atoms with E-state index in [1.807, 2.05) is 0 Å². The summed E-state index contributed by atoms with van der Waals surface area (Å²) < 4.78 is 5.16. The largest absolute Gasteiger partial charge is 0.396 e. The first kappa shape index (κ1) is 25.9. The van der Waals surface area contributed by atoms with Crippen LogP contribution >= 0.6 is 24.0 Å². The number of nitrogens with one attached hydrogen (secondary N) is 2. The predicted molar refractivity (Wildman–Crippen MR) is 121 cm³/mol. The van der Waals surface area contributed by atoms with Crippen LogP contribution in [0.4, 0.5) is 0 Å². The minimum Gasteiger partial charge on any atom is -0.396 e. The zero-order valence-corrected chi connectivity index (χ0v) is 19.3. The number of nitrogens with zero attached hydrogens (tertiary/aromatic N) is 2. The highest BCUT2D eigenvalue weighted by atomic mass is 127. The fourth-order valence-corrected chi connectivity index (χ4v) is 3.36. The molecule has 1 unspecified atom stereocenters. The molecule has 1 aliphatic rings. The van der Waals surface area contributed by atoms with Gasteiger partial charge in [-0.2, -0.15) is 0 Å². The second-order valence-corrected chi connectivity index (χ2v) is 7.05. The van der Waals surface area contributed by atoms with Crippen molar-refractivity contribution in [1.82, 2.24) is 15.5 Å². The summed E-state index contributed by atoms with van der Waals surface area (Å²) in [4.78, 5) is 7.24. The van der Waals surface area contributed by atoms with Crippen LogP contribution in [0.1, 0.15) is 46.0 Å². The lowest BCUT2D eigenvalue weighted by Crippen LogP contribution is -2.43. The van der Waals surface area contributed by atoms with Gasteiger partial charge in [0.25, 0.3) is 0 Å². The van der Waals surface area contributed by atoms with Gasteiger partial charge in [0.2, 0.25) is 0 Å². The zero-order valence-electron chi connectivity index (χ0n) is 17.0. The minimum absolute atomic E-state index is 0. The first-order valence-corrected chi connectivity index (χ1v) is 10.1. The van der Waals surface area contributed by atoms with Gasteiger partial charge in [0.05, 0.1) is 6.61 Å². The Kier molecular flexibility index (Phi) is 16.9. The van der Waals surface area contributed by atoms with Crippen molar-refractivity contribution in [2.24, 2.45) is 16.8 Å². The molecule has 7 heteroatoms. The molecule has 0 radical (unpaired) electrons. The van der Waals surface area contributed by atoms with E-state index in [0.29, 0.717) is 11.8 Å². The number of ether oxygens (including phenoxy) is 1. The molecule has 156 valence electrons. The zero-order chi connectivity index (χ0) is 18.3. The minimum atomic E-state index is 0. The Balaban J connectivity index is 0.00000625. The number of halogens is 1. The average Bonchev–Trinajstić information content (AvgIpc) is 2.63. The summed E-state index contributed by atoms with van der Waals surface area (Å²) in [6.07, 6.45) is 5.59. The number of aliphatic imine (C=N–C) groups is 1. The van der Waals surface area contributed by atoms with E-state index in [-0.39, 0.29) is 30.6 Å². The van der Waals surface area contributed by atoms with E-state index in [1.54, 1.807) is 7.11 Å². The Hall–Kier alpha value is -0.120. The Morgan fingerprint density at radius 3 is 2.54 bits per heavy atom. The number of methoxy groups -OCH3 is 1. The average molecular weight is 484 g/mol. The van der Waals surface area contributed by atoms with Crippen LogP contribution in [-0.4, -0.2) is 75.6 Å². The van der Waals surface area contributed by atoms with Gasteiger partial charge in [-0.1, -0.05) is 13.3 Å². The molecule has 1 aliphatic heterocycles. The number of hydrogen-bond acceptors (Lipinski definition) is 4. The molecule has 1 rings (SSSR count). The number of hydrogen-bond donors (Lipinski definition) is 3. The van der Waals surface area contributed by atoms with Gasteiger partial charge in [0, 0.05) is 39.9 Å². The van der Waals surface area contributed by atoms with Crippen LogP contribution in [0, 0.1) is 11.8 Å². The molecule has 0 aliphatic carbocycles. The first-order chi connectivity index (χ1) is 12.2. The lowest BCUT2D eigenvalue weighted by Gasteiger charge is -2.32. The maximum Gasteiger partial charge on any atom is 0.191 e. The summed E-state index contributed by atoms with van der Waals surface area (Å²) in [6.45, 7) is 11.4. The predicted octanol–water partition coefficient (Wildman–Crippen LogP) is 2.32. The molecule has 3 N–H and O–H groups in total. The SMILES string of the molecule is CCCC(CCO)CN=C(NCC)NCC1CCN(CCOC)CC1.I. The topological polar surface area (TPSA) is 69.1 Å². The molecule has 1 fully saturated rings. The Labute approximate surface area is 177 Å². The number of guanidine groups is 1. The van der Waals surface area contributed by atoms with E-state index >= 15 is 0 Å². The van der Waals surface area contributed by atoms with E-state index in [4.69, 9.17) is 9.73 Å².